The fourth-order valence-corrected chi connectivity index (χ4v) is 3.10. The molecule has 0 saturated carbocycles. The average molecular weight is 353 g/mol. The van der Waals surface area contributed by atoms with Gasteiger partial charge in [-0.1, -0.05) is 37.3 Å². The molecular formula is C22H27NO3. The van der Waals surface area contributed by atoms with Crippen LogP contribution in [-0.2, 0) is 11.2 Å². The summed E-state index contributed by atoms with van der Waals surface area (Å²) in [5.74, 6) is 0.604. The van der Waals surface area contributed by atoms with Crippen molar-refractivity contribution in [1.82, 2.24) is 5.32 Å². The molecule has 1 amide bonds. The molecule has 2 aromatic rings. The molecule has 0 radical (unpaired) electrons. The molecule has 1 aliphatic rings. The van der Waals surface area contributed by atoms with Crippen LogP contribution in [0.2, 0.25) is 0 Å². The summed E-state index contributed by atoms with van der Waals surface area (Å²) in [4.78, 5) is 12.6. The fraction of sp³-hybridized carbons (Fsp3) is 0.409. The van der Waals surface area contributed by atoms with E-state index in [1.54, 1.807) is 12.1 Å². The van der Waals surface area contributed by atoms with Crippen LogP contribution in [0.5, 0.6) is 5.75 Å². The molecule has 1 saturated heterocycles. The van der Waals surface area contributed by atoms with Crippen molar-refractivity contribution in [2.75, 3.05) is 13.2 Å². The van der Waals surface area contributed by atoms with Gasteiger partial charge < -0.3 is 14.8 Å². The number of carbonyl (C=O) groups excluding carboxylic acids is 1. The monoisotopic (exact) mass is 353 g/mol. The normalized spacial score (nSPS) is 17.7. The van der Waals surface area contributed by atoms with Crippen LogP contribution in [0.15, 0.2) is 48.5 Å². The first kappa shape index (κ1) is 18.5. The number of benzene rings is 2. The number of ether oxygens (including phenoxy) is 2. The van der Waals surface area contributed by atoms with Gasteiger partial charge in [-0.05, 0) is 55.5 Å². The van der Waals surface area contributed by atoms with E-state index in [4.69, 9.17) is 9.47 Å². The van der Waals surface area contributed by atoms with Crippen LogP contribution in [0.4, 0.5) is 0 Å². The molecule has 1 heterocycles. The summed E-state index contributed by atoms with van der Waals surface area (Å²) in [7, 11) is 0. The second-order valence-electron chi connectivity index (χ2n) is 6.76. The lowest BCUT2D eigenvalue weighted by atomic mass is 10.0. The van der Waals surface area contributed by atoms with Crippen LogP contribution in [0, 0.1) is 0 Å². The van der Waals surface area contributed by atoms with E-state index in [1.807, 2.05) is 19.1 Å². The van der Waals surface area contributed by atoms with Gasteiger partial charge in [0.15, 0.2) is 0 Å². The molecule has 138 valence electrons. The lowest BCUT2D eigenvalue weighted by Crippen LogP contribution is -2.26. The Hall–Kier alpha value is -2.33. The Morgan fingerprint density at radius 3 is 2.77 bits per heavy atom. The summed E-state index contributed by atoms with van der Waals surface area (Å²) in [5, 5.41) is 3.06. The lowest BCUT2D eigenvalue weighted by Gasteiger charge is -2.16. The van der Waals surface area contributed by atoms with Crippen molar-refractivity contribution >= 4 is 5.91 Å². The molecule has 1 aliphatic heterocycles. The SMILES string of the molecule is CCc1ccc(C(C)NC(=O)c2cccc(OCC3CCCO3)c2)cc1. The largest absolute Gasteiger partial charge is 0.491 e. The van der Waals surface area contributed by atoms with Gasteiger partial charge in [0.25, 0.3) is 5.91 Å². The van der Waals surface area contributed by atoms with Crippen LogP contribution in [0.25, 0.3) is 0 Å². The van der Waals surface area contributed by atoms with Crippen LogP contribution < -0.4 is 10.1 Å². The van der Waals surface area contributed by atoms with Crippen molar-refractivity contribution in [3.8, 4) is 5.75 Å². The van der Waals surface area contributed by atoms with Gasteiger partial charge in [0.05, 0.1) is 12.1 Å². The number of nitrogens with one attached hydrogen (secondary N) is 1. The topological polar surface area (TPSA) is 47.6 Å². The van der Waals surface area contributed by atoms with E-state index >= 15 is 0 Å². The zero-order valence-electron chi connectivity index (χ0n) is 15.5. The first-order valence-corrected chi connectivity index (χ1v) is 9.40. The van der Waals surface area contributed by atoms with E-state index in [9.17, 15) is 4.79 Å². The molecule has 2 unspecified atom stereocenters. The number of aryl methyl sites for hydroxylation is 1. The minimum Gasteiger partial charge on any atom is -0.491 e. The predicted molar refractivity (Wildman–Crippen MR) is 103 cm³/mol. The summed E-state index contributed by atoms with van der Waals surface area (Å²) < 4.78 is 11.4. The van der Waals surface area contributed by atoms with Gasteiger partial charge in [-0.25, -0.2) is 0 Å². The fourth-order valence-electron chi connectivity index (χ4n) is 3.10. The smallest absolute Gasteiger partial charge is 0.251 e. The maximum atomic E-state index is 12.6. The van der Waals surface area contributed by atoms with Crippen molar-refractivity contribution in [2.24, 2.45) is 0 Å². The minimum absolute atomic E-state index is 0.0510. The van der Waals surface area contributed by atoms with Gasteiger partial charge in [-0.3, -0.25) is 4.79 Å². The van der Waals surface area contributed by atoms with E-state index in [0.29, 0.717) is 17.9 Å². The molecule has 0 aliphatic carbocycles. The van der Waals surface area contributed by atoms with E-state index < -0.39 is 0 Å². The molecule has 1 fully saturated rings. The predicted octanol–water partition coefficient (Wildman–Crippen LogP) is 4.30. The molecule has 1 N–H and O–H groups in total. The third-order valence-corrected chi connectivity index (χ3v) is 4.79. The van der Waals surface area contributed by atoms with Crippen molar-refractivity contribution in [3.05, 3.63) is 65.2 Å². The summed E-state index contributed by atoms with van der Waals surface area (Å²) in [6.45, 7) is 5.48. The van der Waals surface area contributed by atoms with Crippen molar-refractivity contribution in [3.63, 3.8) is 0 Å². The Balaban J connectivity index is 1.58. The lowest BCUT2D eigenvalue weighted by molar-refractivity contribution is 0.0679. The number of rotatable bonds is 7. The molecule has 4 nitrogen and oxygen atoms in total. The maximum absolute atomic E-state index is 12.6. The second-order valence-corrected chi connectivity index (χ2v) is 6.76. The maximum Gasteiger partial charge on any atom is 0.251 e. The van der Waals surface area contributed by atoms with E-state index in [1.165, 1.54) is 5.56 Å². The Bertz CT molecular complexity index is 720. The number of amides is 1. The zero-order valence-corrected chi connectivity index (χ0v) is 15.5. The molecule has 0 spiro atoms. The minimum atomic E-state index is -0.0976. The summed E-state index contributed by atoms with van der Waals surface area (Å²) in [6.07, 6.45) is 3.31. The molecule has 0 aromatic heterocycles. The Kier molecular flexibility index (Phi) is 6.29. The van der Waals surface area contributed by atoms with Gasteiger partial charge in [0.1, 0.15) is 12.4 Å². The third-order valence-electron chi connectivity index (χ3n) is 4.79. The molecular weight excluding hydrogens is 326 g/mol. The average Bonchev–Trinajstić information content (AvgIpc) is 3.20. The number of hydrogen-bond acceptors (Lipinski definition) is 3. The number of hydrogen-bond donors (Lipinski definition) is 1. The summed E-state index contributed by atoms with van der Waals surface area (Å²) >= 11 is 0. The highest BCUT2D eigenvalue weighted by molar-refractivity contribution is 5.94. The molecule has 2 atom stereocenters. The van der Waals surface area contributed by atoms with Crippen LogP contribution in [0.3, 0.4) is 0 Å². The highest BCUT2D eigenvalue weighted by atomic mass is 16.5. The molecule has 3 rings (SSSR count). The highest BCUT2D eigenvalue weighted by Gasteiger charge is 2.17. The zero-order chi connectivity index (χ0) is 18.4. The second kappa shape index (κ2) is 8.86. The van der Waals surface area contributed by atoms with Crippen LogP contribution >= 0.6 is 0 Å². The van der Waals surface area contributed by atoms with Crippen molar-refractivity contribution in [2.45, 2.75) is 45.3 Å². The molecule has 26 heavy (non-hydrogen) atoms. The van der Waals surface area contributed by atoms with Gasteiger partial charge in [0, 0.05) is 12.2 Å². The highest BCUT2D eigenvalue weighted by Crippen LogP contribution is 2.19. The number of carbonyl (C=O) groups is 1. The van der Waals surface area contributed by atoms with Crippen LogP contribution in [0.1, 0.15) is 54.2 Å². The quantitative estimate of drug-likeness (QED) is 0.807. The van der Waals surface area contributed by atoms with Gasteiger partial charge in [-0.15, -0.1) is 0 Å². The first-order valence-electron chi connectivity index (χ1n) is 9.40. The third kappa shape index (κ3) is 4.85. The molecule has 4 heteroatoms. The Morgan fingerprint density at radius 1 is 1.27 bits per heavy atom. The Morgan fingerprint density at radius 2 is 2.08 bits per heavy atom. The standard InChI is InChI=1S/C22H27NO3/c1-3-17-9-11-18(12-10-17)16(2)23-22(24)19-6-4-7-20(14-19)26-15-21-8-5-13-25-21/h4,6-7,9-12,14,16,21H,3,5,8,13,15H2,1-2H3,(H,23,24). The van der Waals surface area contributed by atoms with E-state index in [-0.39, 0.29) is 18.1 Å². The van der Waals surface area contributed by atoms with Gasteiger partial charge in [-0.2, -0.15) is 0 Å². The van der Waals surface area contributed by atoms with Crippen LogP contribution in [-0.4, -0.2) is 25.2 Å². The first-order chi connectivity index (χ1) is 12.7. The van der Waals surface area contributed by atoms with Crippen molar-refractivity contribution in [1.29, 1.82) is 0 Å². The summed E-state index contributed by atoms with van der Waals surface area (Å²) in [6, 6.07) is 15.6. The summed E-state index contributed by atoms with van der Waals surface area (Å²) in [5.41, 5.74) is 3.00. The van der Waals surface area contributed by atoms with Crippen molar-refractivity contribution < 1.29 is 14.3 Å². The molecule has 0 bridgehead atoms. The van der Waals surface area contributed by atoms with E-state index in [0.717, 1.165) is 31.4 Å². The Labute approximate surface area is 155 Å². The van der Waals surface area contributed by atoms with Gasteiger partial charge in [0.2, 0.25) is 0 Å². The molecule has 2 aromatic carbocycles. The van der Waals surface area contributed by atoms with Gasteiger partial charge >= 0.3 is 0 Å². The van der Waals surface area contributed by atoms with E-state index in [2.05, 4.69) is 36.5 Å².